The van der Waals surface area contributed by atoms with E-state index in [-0.39, 0.29) is 0 Å². The third-order valence-corrected chi connectivity index (χ3v) is 3.08. The van der Waals surface area contributed by atoms with E-state index < -0.39 is 0 Å². The second-order valence-electron chi connectivity index (χ2n) is 2.44. The Bertz CT molecular complexity index is 337. The summed E-state index contributed by atoms with van der Waals surface area (Å²) in [5.41, 5.74) is 7.74. The Morgan fingerprint density at radius 3 is 2.43 bits per heavy atom. The van der Waals surface area contributed by atoms with Crippen LogP contribution >= 0.6 is 27.5 Å². The van der Waals surface area contributed by atoms with Crippen LogP contribution in [-0.2, 0) is 0 Å². The summed E-state index contributed by atoms with van der Waals surface area (Å²) in [7, 11) is 0. The van der Waals surface area contributed by atoms with Crippen LogP contribution in [0.5, 0.6) is 0 Å². The summed E-state index contributed by atoms with van der Waals surface area (Å²) in [5, 5.41) is 7.73. The molecule has 0 aliphatic carbocycles. The molecule has 1 aromatic carbocycles. The molecular weight excluding hydrogens is 263 g/mol. The number of benzene rings is 1. The maximum atomic E-state index is 7.11. The topological polar surface area (TPSA) is 49.9 Å². The van der Waals surface area contributed by atoms with E-state index in [2.05, 4.69) is 15.9 Å². The molecular formula is C10H14BrClN2. The summed E-state index contributed by atoms with van der Waals surface area (Å²) < 4.78 is 0.794. The fourth-order valence-electron chi connectivity index (χ4n) is 0.903. The molecule has 0 aliphatic heterocycles. The lowest BCUT2D eigenvalue weighted by atomic mass is 10.1. The second-order valence-corrected chi connectivity index (χ2v) is 3.64. The van der Waals surface area contributed by atoms with Gasteiger partial charge in [0.05, 0.1) is 0 Å². The average Bonchev–Trinajstić information content (AvgIpc) is 2.18. The van der Waals surface area contributed by atoms with Gasteiger partial charge in [0.25, 0.3) is 0 Å². The molecule has 0 spiro atoms. The van der Waals surface area contributed by atoms with Crippen molar-refractivity contribution in [2.75, 3.05) is 5.73 Å². The van der Waals surface area contributed by atoms with Gasteiger partial charge in [-0.1, -0.05) is 25.4 Å². The summed E-state index contributed by atoms with van der Waals surface area (Å²) in [6.07, 6.45) is 1.21. The zero-order valence-corrected chi connectivity index (χ0v) is 10.8. The molecule has 0 fully saturated rings. The maximum absolute atomic E-state index is 7.11. The molecule has 0 bridgehead atoms. The standard InChI is InChI=1S/C8H8BrClN2.C2H6/c1-4-6(10)2-7(12)5(3-11)8(4)9;1-2/h2-3,11H,12H2,1H3;1-2H3. The number of nitrogen functional groups attached to an aromatic ring is 1. The largest absolute Gasteiger partial charge is 0.398 e. The first-order valence-electron chi connectivity index (χ1n) is 4.32. The van der Waals surface area contributed by atoms with Crippen LogP contribution in [0.3, 0.4) is 0 Å². The van der Waals surface area contributed by atoms with Crippen molar-refractivity contribution < 1.29 is 0 Å². The summed E-state index contributed by atoms with van der Waals surface area (Å²) in [6.45, 7) is 5.87. The van der Waals surface area contributed by atoms with E-state index in [1.54, 1.807) is 6.07 Å². The number of anilines is 1. The molecule has 0 aliphatic rings. The molecule has 0 atom stereocenters. The molecule has 78 valence electrons. The Balaban J connectivity index is 0.000000791. The van der Waals surface area contributed by atoms with Crippen LogP contribution in [0, 0.1) is 12.3 Å². The van der Waals surface area contributed by atoms with Gasteiger partial charge in [-0.3, -0.25) is 0 Å². The van der Waals surface area contributed by atoms with E-state index in [1.165, 1.54) is 6.21 Å². The zero-order valence-electron chi connectivity index (χ0n) is 8.49. The van der Waals surface area contributed by atoms with Gasteiger partial charge in [-0.2, -0.15) is 0 Å². The number of nitrogens with one attached hydrogen (secondary N) is 1. The van der Waals surface area contributed by atoms with Crippen molar-refractivity contribution in [3.63, 3.8) is 0 Å². The minimum Gasteiger partial charge on any atom is -0.398 e. The van der Waals surface area contributed by atoms with Crippen molar-refractivity contribution in [1.82, 2.24) is 0 Å². The highest BCUT2D eigenvalue weighted by Gasteiger charge is 2.08. The van der Waals surface area contributed by atoms with E-state index in [1.807, 2.05) is 20.8 Å². The second kappa shape index (κ2) is 6.04. The predicted octanol–water partition coefficient (Wildman–Crippen LogP) is 4.02. The summed E-state index contributed by atoms with van der Waals surface area (Å²) in [4.78, 5) is 0. The molecule has 0 aromatic heterocycles. The molecule has 14 heavy (non-hydrogen) atoms. The number of hydrogen-bond acceptors (Lipinski definition) is 2. The van der Waals surface area contributed by atoms with Crippen LogP contribution in [0.15, 0.2) is 10.5 Å². The Hall–Kier alpha value is -0.540. The summed E-state index contributed by atoms with van der Waals surface area (Å²) in [6, 6.07) is 1.65. The lowest BCUT2D eigenvalue weighted by Crippen LogP contribution is -1.96. The number of hydrogen-bond donors (Lipinski definition) is 2. The van der Waals surface area contributed by atoms with Crippen LogP contribution in [0.2, 0.25) is 5.02 Å². The van der Waals surface area contributed by atoms with Crippen molar-refractivity contribution in [3.05, 3.63) is 26.7 Å². The Kier molecular flexibility index (Phi) is 5.81. The summed E-state index contributed by atoms with van der Waals surface area (Å²) in [5.74, 6) is 0. The smallest absolute Gasteiger partial charge is 0.0467 e. The van der Waals surface area contributed by atoms with Crippen molar-refractivity contribution >= 4 is 39.4 Å². The van der Waals surface area contributed by atoms with E-state index in [4.69, 9.17) is 22.7 Å². The molecule has 0 unspecified atom stereocenters. The number of rotatable bonds is 1. The molecule has 0 radical (unpaired) electrons. The van der Waals surface area contributed by atoms with Crippen molar-refractivity contribution in [2.45, 2.75) is 20.8 Å². The minimum atomic E-state index is 0.521. The first-order chi connectivity index (χ1) is 6.57. The van der Waals surface area contributed by atoms with Gasteiger partial charge in [-0.25, -0.2) is 0 Å². The van der Waals surface area contributed by atoms with Crippen LogP contribution in [0.1, 0.15) is 25.0 Å². The van der Waals surface area contributed by atoms with Gasteiger partial charge in [0.15, 0.2) is 0 Å². The van der Waals surface area contributed by atoms with Crippen LogP contribution in [0.25, 0.3) is 0 Å². The molecule has 2 nitrogen and oxygen atoms in total. The van der Waals surface area contributed by atoms with Crippen molar-refractivity contribution in [2.24, 2.45) is 0 Å². The van der Waals surface area contributed by atoms with Crippen molar-refractivity contribution in [1.29, 1.82) is 5.41 Å². The van der Waals surface area contributed by atoms with Gasteiger partial charge in [-0.05, 0) is 34.5 Å². The highest BCUT2D eigenvalue weighted by molar-refractivity contribution is 9.10. The first-order valence-corrected chi connectivity index (χ1v) is 5.49. The summed E-state index contributed by atoms with van der Waals surface area (Å²) >= 11 is 9.19. The lowest BCUT2D eigenvalue weighted by Gasteiger charge is -2.07. The molecule has 1 rings (SSSR count). The molecule has 0 saturated carbocycles. The number of nitrogens with two attached hydrogens (primary N) is 1. The Labute approximate surface area is 98.1 Å². The molecule has 0 saturated heterocycles. The fourth-order valence-corrected chi connectivity index (χ4v) is 1.79. The number of halogens is 2. The molecule has 1 aromatic rings. The van der Waals surface area contributed by atoms with Gasteiger partial charge >= 0.3 is 0 Å². The first kappa shape index (κ1) is 13.5. The predicted molar refractivity (Wildman–Crippen MR) is 67.5 cm³/mol. The lowest BCUT2D eigenvalue weighted by molar-refractivity contribution is 1.41. The maximum Gasteiger partial charge on any atom is 0.0467 e. The SMILES string of the molecule is CC.Cc1c(Cl)cc(N)c(C=N)c1Br. The van der Waals surface area contributed by atoms with E-state index in [0.717, 1.165) is 10.0 Å². The third kappa shape index (κ3) is 2.72. The monoisotopic (exact) mass is 276 g/mol. The van der Waals surface area contributed by atoms with Crippen LogP contribution in [-0.4, -0.2) is 6.21 Å². The van der Waals surface area contributed by atoms with Gasteiger partial charge in [0.2, 0.25) is 0 Å². The molecule has 3 N–H and O–H groups in total. The average molecular weight is 278 g/mol. The van der Waals surface area contributed by atoms with Gasteiger partial charge in [0.1, 0.15) is 0 Å². The fraction of sp³-hybridized carbons (Fsp3) is 0.300. The molecule has 4 heteroatoms. The third-order valence-electron chi connectivity index (χ3n) is 1.66. The van der Waals surface area contributed by atoms with E-state index >= 15 is 0 Å². The molecule has 0 amide bonds. The van der Waals surface area contributed by atoms with Crippen LogP contribution in [0.4, 0.5) is 5.69 Å². The van der Waals surface area contributed by atoms with E-state index in [9.17, 15) is 0 Å². The highest BCUT2D eigenvalue weighted by atomic mass is 79.9. The van der Waals surface area contributed by atoms with Crippen molar-refractivity contribution in [3.8, 4) is 0 Å². The zero-order chi connectivity index (χ0) is 11.3. The Morgan fingerprint density at radius 2 is 2.00 bits per heavy atom. The van der Waals surface area contributed by atoms with Gasteiger partial charge < -0.3 is 11.1 Å². The minimum absolute atomic E-state index is 0.521. The van der Waals surface area contributed by atoms with Gasteiger partial charge in [0, 0.05) is 27.0 Å². The van der Waals surface area contributed by atoms with Gasteiger partial charge in [-0.15, -0.1) is 0 Å². The normalized spacial score (nSPS) is 8.93. The Morgan fingerprint density at radius 1 is 1.50 bits per heavy atom. The van der Waals surface area contributed by atoms with E-state index in [0.29, 0.717) is 16.3 Å². The molecule has 0 heterocycles. The van der Waals surface area contributed by atoms with Crippen LogP contribution < -0.4 is 5.73 Å². The highest BCUT2D eigenvalue weighted by Crippen LogP contribution is 2.30. The quantitative estimate of drug-likeness (QED) is 0.591.